The number of ether oxygens (including phenoxy) is 1. The summed E-state index contributed by atoms with van der Waals surface area (Å²) in [6.07, 6.45) is 0.901. The standard InChI is InChI=1S/C14H32N2O/c1-11(2,9-12(3,4)15)14(7,8)17-10-13(5,6)16/h9-10,15-16H2,1-8H3. The van der Waals surface area contributed by atoms with Crippen LogP contribution in [0.3, 0.4) is 0 Å². The molecule has 0 aliphatic heterocycles. The maximum Gasteiger partial charge on any atom is 0.0678 e. The van der Waals surface area contributed by atoms with Gasteiger partial charge < -0.3 is 16.2 Å². The van der Waals surface area contributed by atoms with Crippen LogP contribution in [0.5, 0.6) is 0 Å². The summed E-state index contributed by atoms with van der Waals surface area (Å²) in [4.78, 5) is 0. The quantitative estimate of drug-likeness (QED) is 0.755. The summed E-state index contributed by atoms with van der Waals surface area (Å²) >= 11 is 0. The molecule has 0 unspecified atom stereocenters. The van der Waals surface area contributed by atoms with Gasteiger partial charge in [0.15, 0.2) is 0 Å². The summed E-state index contributed by atoms with van der Waals surface area (Å²) in [5, 5.41) is 0. The lowest BCUT2D eigenvalue weighted by atomic mass is 9.70. The summed E-state index contributed by atoms with van der Waals surface area (Å²) in [6, 6.07) is 0. The molecule has 0 spiro atoms. The number of rotatable bonds is 6. The molecule has 0 aliphatic rings. The van der Waals surface area contributed by atoms with E-state index in [4.69, 9.17) is 16.2 Å². The Hall–Kier alpha value is -0.120. The van der Waals surface area contributed by atoms with E-state index in [1.54, 1.807) is 0 Å². The van der Waals surface area contributed by atoms with E-state index in [2.05, 4.69) is 41.5 Å². The van der Waals surface area contributed by atoms with Crippen LogP contribution in [-0.4, -0.2) is 23.3 Å². The van der Waals surface area contributed by atoms with E-state index >= 15 is 0 Å². The molecule has 17 heavy (non-hydrogen) atoms. The Morgan fingerprint density at radius 1 is 0.765 bits per heavy atom. The predicted molar refractivity (Wildman–Crippen MR) is 75.0 cm³/mol. The van der Waals surface area contributed by atoms with Crippen molar-refractivity contribution in [2.45, 2.75) is 78.5 Å². The minimum Gasteiger partial charge on any atom is -0.373 e. The maximum atomic E-state index is 6.12. The summed E-state index contributed by atoms with van der Waals surface area (Å²) in [5.74, 6) is 0. The highest BCUT2D eigenvalue weighted by molar-refractivity contribution is 4.94. The molecule has 0 aromatic carbocycles. The number of hydrogen-bond acceptors (Lipinski definition) is 3. The number of nitrogens with two attached hydrogens (primary N) is 2. The lowest BCUT2D eigenvalue weighted by molar-refractivity contribution is -0.117. The SMILES string of the molecule is CC(C)(N)COC(C)(C)C(C)(C)CC(C)(C)N. The third kappa shape index (κ3) is 6.39. The molecule has 0 rings (SSSR count). The van der Waals surface area contributed by atoms with Gasteiger partial charge in [-0.2, -0.15) is 0 Å². The second-order valence-corrected chi connectivity index (χ2v) is 7.84. The summed E-state index contributed by atoms with van der Waals surface area (Å²) in [7, 11) is 0. The van der Waals surface area contributed by atoms with Gasteiger partial charge in [-0.05, 0) is 53.4 Å². The van der Waals surface area contributed by atoms with Gasteiger partial charge in [-0.1, -0.05) is 13.8 Å². The first kappa shape index (κ1) is 16.9. The van der Waals surface area contributed by atoms with Gasteiger partial charge in [-0.3, -0.25) is 0 Å². The van der Waals surface area contributed by atoms with Crippen molar-refractivity contribution in [3.8, 4) is 0 Å². The minimum absolute atomic E-state index is 0.00347. The Kier molecular flexibility index (Phi) is 4.83. The van der Waals surface area contributed by atoms with E-state index in [0.717, 1.165) is 6.42 Å². The highest BCUT2D eigenvalue weighted by atomic mass is 16.5. The molecular weight excluding hydrogens is 212 g/mol. The second-order valence-electron chi connectivity index (χ2n) is 7.84. The van der Waals surface area contributed by atoms with Gasteiger partial charge in [-0.15, -0.1) is 0 Å². The molecule has 0 amide bonds. The van der Waals surface area contributed by atoms with Crippen molar-refractivity contribution in [1.82, 2.24) is 0 Å². The van der Waals surface area contributed by atoms with Crippen LogP contribution in [0.25, 0.3) is 0 Å². The first-order valence-electron chi connectivity index (χ1n) is 6.38. The summed E-state index contributed by atoms with van der Waals surface area (Å²) < 4.78 is 6.02. The molecule has 0 aliphatic carbocycles. The Morgan fingerprint density at radius 3 is 1.47 bits per heavy atom. The van der Waals surface area contributed by atoms with Crippen molar-refractivity contribution < 1.29 is 4.74 Å². The average Bonchev–Trinajstić information content (AvgIpc) is 1.94. The van der Waals surface area contributed by atoms with Gasteiger partial charge >= 0.3 is 0 Å². The normalized spacial score (nSPS) is 15.2. The highest BCUT2D eigenvalue weighted by Gasteiger charge is 2.41. The van der Waals surface area contributed by atoms with Crippen molar-refractivity contribution in [1.29, 1.82) is 0 Å². The van der Waals surface area contributed by atoms with Gasteiger partial charge in [0.2, 0.25) is 0 Å². The Balaban J connectivity index is 4.67. The van der Waals surface area contributed by atoms with Crippen LogP contribution in [0.4, 0.5) is 0 Å². The van der Waals surface area contributed by atoms with Gasteiger partial charge in [0, 0.05) is 11.1 Å². The fourth-order valence-corrected chi connectivity index (χ4v) is 1.91. The Labute approximate surface area is 107 Å². The van der Waals surface area contributed by atoms with Crippen LogP contribution < -0.4 is 11.5 Å². The molecule has 0 aromatic rings. The Bertz CT molecular complexity index is 244. The van der Waals surface area contributed by atoms with Crippen LogP contribution >= 0.6 is 0 Å². The lowest BCUT2D eigenvalue weighted by Crippen LogP contribution is -2.51. The monoisotopic (exact) mass is 244 g/mol. The lowest BCUT2D eigenvalue weighted by Gasteiger charge is -2.45. The smallest absolute Gasteiger partial charge is 0.0678 e. The van der Waals surface area contributed by atoms with Crippen molar-refractivity contribution in [3.05, 3.63) is 0 Å². The topological polar surface area (TPSA) is 61.3 Å². The first-order valence-corrected chi connectivity index (χ1v) is 6.38. The van der Waals surface area contributed by atoms with Crippen molar-refractivity contribution in [2.75, 3.05) is 6.61 Å². The van der Waals surface area contributed by atoms with E-state index in [1.807, 2.05) is 13.8 Å². The molecule has 0 radical (unpaired) electrons. The summed E-state index contributed by atoms with van der Waals surface area (Å²) in [6.45, 7) is 17.2. The molecule has 0 bridgehead atoms. The molecule has 0 atom stereocenters. The van der Waals surface area contributed by atoms with Crippen LogP contribution in [0.15, 0.2) is 0 Å². The minimum atomic E-state index is -0.300. The molecule has 4 N–H and O–H groups in total. The third-order valence-electron chi connectivity index (χ3n) is 3.33. The largest absolute Gasteiger partial charge is 0.373 e. The zero-order valence-electron chi connectivity index (χ0n) is 13.0. The van der Waals surface area contributed by atoms with E-state index in [9.17, 15) is 0 Å². The van der Waals surface area contributed by atoms with Gasteiger partial charge in [-0.25, -0.2) is 0 Å². The predicted octanol–water partition coefficient (Wildman–Crippen LogP) is 2.67. The zero-order chi connectivity index (χ0) is 14.1. The average molecular weight is 244 g/mol. The van der Waals surface area contributed by atoms with Gasteiger partial charge in [0.25, 0.3) is 0 Å². The van der Waals surface area contributed by atoms with E-state index in [-0.39, 0.29) is 22.1 Å². The van der Waals surface area contributed by atoms with Crippen LogP contribution in [0.2, 0.25) is 0 Å². The van der Waals surface area contributed by atoms with Crippen LogP contribution in [0.1, 0.15) is 61.8 Å². The Morgan fingerprint density at radius 2 is 1.18 bits per heavy atom. The molecule has 0 heterocycles. The van der Waals surface area contributed by atoms with Gasteiger partial charge in [0.1, 0.15) is 0 Å². The van der Waals surface area contributed by atoms with Crippen LogP contribution in [-0.2, 0) is 4.74 Å². The van der Waals surface area contributed by atoms with Crippen molar-refractivity contribution >= 4 is 0 Å². The van der Waals surface area contributed by atoms with Crippen LogP contribution in [0, 0.1) is 5.41 Å². The van der Waals surface area contributed by atoms with Gasteiger partial charge in [0.05, 0.1) is 12.2 Å². The molecule has 3 nitrogen and oxygen atoms in total. The molecule has 104 valence electrons. The number of hydrogen-bond donors (Lipinski definition) is 2. The van der Waals surface area contributed by atoms with Crippen molar-refractivity contribution in [2.24, 2.45) is 16.9 Å². The van der Waals surface area contributed by atoms with E-state index in [1.165, 1.54) is 0 Å². The molecular formula is C14H32N2O. The second kappa shape index (κ2) is 4.87. The third-order valence-corrected chi connectivity index (χ3v) is 3.33. The first-order chi connectivity index (χ1) is 7.16. The maximum absolute atomic E-state index is 6.12. The molecule has 3 heteroatoms. The van der Waals surface area contributed by atoms with Crippen molar-refractivity contribution in [3.63, 3.8) is 0 Å². The summed E-state index contributed by atoms with van der Waals surface area (Å²) in [5.41, 5.74) is 11.3. The molecule has 0 fully saturated rings. The van der Waals surface area contributed by atoms with E-state index in [0.29, 0.717) is 6.61 Å². The molecule has 0 saturated carbocycles. The van der Waals surface area contributed by atoms with E-state index < -0.39 is 0 Å². The highest BCUT2D eigenvalue weighted by Crippen LogP contribution is 2.40. The fourth-order valence-electron chi connectivity index (χ4n) is 1.91. The molecule has 0 aromatic heterocycles. The zero-order valence-corrected chi connectivity index (χ0v) is 13.0. The fraction of sp³-hybridized carbons (Fsp3) is 1.00. The molecule has 0 saturated heterocycles.